The summed E-state index contributed by atoms with van der Waals surface area (Å²) < 4.78 is 42.6. The molecule has 4 heterocycles. The topological polar surface area (TPSA) is 108 Å². The molecular formula is C29H31F2N5O3. The van der Waals surface area contributed by atoms with Crippen molar-refractivity contribution in [3.05, 3.63) is 83.1 Å². The number of halogens is 2. The number of pyridine rings is 1. The van der Waals surface area contributed by atoms with Crippen LogP contribution in [0.25, 0.3) is 16.8 Å². The standard InChI is InChI=1S/C29H31F2N5O3/c1-16-7-17(8-24(32)28(16)38-2)21-5-6-33-12-18(21)9-26-34-13-20-3-4-25(35-36(20)26)27-22(30)10-19(11-23(27)31)29(37)14-39-15-29/h3-6,10-13,16-17,24,28,37H,7-9,14-15,32H2,1-2H3/t16-,17+,24+,28+/m0/s1. The monoisotopic (exact) mass is 535 g/mol. The zero-order valence-electron chi connectivity index (χ0n) is 21.8. The van der Waals surface area contributed by atoms with Gasteiger partial charge >= 0.3 is 0 Å². The average molecular weight is 536 g/mol. The van der Waals surface area contributed by atoms with E-state index in [-0.39, 0.29) is 48.1 Å². The number of benzene rings is 1. The van der Waals surface area contributed by atoms with E-state index in [2.05, 4.69) is 22.0 Å². The van der Waals surface area contributed by atoms with Crippen molar-refractivity contribution in [2.45, 2.75) is 49.9 Å². The summed E-state index contributed by atoms with van der Waals surface area (Å²) in [6, 6.07) is 7.57. The first-order chi connectivity index (χ1) is 18.8. The highest BCUT2D eigenvalue weighted by Gasteiger charge is 2.39. The van der Waals surface area contributed by atoms with E-state index in [1.165, 1.54) is 5.56 Å². The van der Waals surface area contributed by atoms with Gasteiger partial charge in [0.2, 0.25) is 0 Å². The number of nitrogens with zero attached hydrogens (tertiary/aromatic N) is 4. The van der Waals surface area contributed by atoms with Crippen LogP contribution >= 0.6 is 0 Å². The molecule has 8 nitrogen and oxygen atoms in total. The Morgan fingerprint density at radius 2 is 1.92 bits per heavy atom. The van der Waals surface area contributed by atoms with Crippen LogP contribution in [-0.4, -0.2) is 57.2 Å². The highest BCUT2D eigenvalue weighted by atomic mass is 19.1. The van der Waals surface area contributed by atoms with E-state index in [9.17, 15) is 5.11 Å². The van der Waals surface area contributed by atoms with Crippen LogP contribution in [0.5, 0.6) is 0 Å². The molecular weight excluding hydrogens is 504 g/mol. The predicted molar refractivity (Wildman–Crippen MR) is 140 cm³/mol. The lowest BCUT2D eigenvalue weighted by Crippen LogP contribution is -2.46. The molecule has 2 aliphatic rings. The molecule has 0 unspecified atom stereocenters. The van der Waals surface area contributed by atoms with Crippen molar-refractivity contribution in [1.82, 2.24) is 19.6 Å². The van der Waals surface area contributed by atoms with Crippen molar-refractivity contribution in [2.24, 2.45) is 11.7 Å². The summed E-state index contributed by atoms with van der Waals surface area (Å²) in [6.45, 7) is 2.17. The largest absolute Gasteiger partial charge is 0.380 e. The van der Waals surface area contributed by atoms with Gasteiger partial charge in [-0.15, -0.1) is 0 Å². The lowest BCUT2D eigenvalue weighted by Gasteiger charge is -2.38. The van der Waals surface area contributed by atoms with Crippen molar-refractivity contribution in [2.75, 3.05) is 20.3 Å². The van der Waals surface area contributed by atoms with Crippen LogP contribution in [0.1, 0.15) is 48.2 Å². The molecule has 3 N–H and O–H groups in total. The van der Waals surface area contributed by atoms with E-state index in [0.29, 0.717) is 23.7 Å². The molecule has 0 spiro atoms. The highest BCUT2D eigenvalue weighted by Crippen LogP contribution is 2.39. The van der Waals surface area contributed by atoms with Crippen LogP contribution < -0.4 is 5.73 Å². The second-order valence-electron chi connectivity index (χ2n) is 10.8. The van der Waals surface area contributed by atoms with E-state index < -0.39 is 17.2 Å². The summed E-state index contributed by atoms with van der Waals surface area (Å²) in [5, 5.41) is 15.0. The number of nitrogens with two attached hydrogens (primary N) is 1. The maximum atomic E-state index is 15.2. The summed E-state index contributed by atoms with van der Waals surface area (Å²) in [5.74, 6) is -0.403. The van der Waals surface area contributed by atoms with Gasteiger partial charge in [-0.2, -0.15) is 5.10 Å². The number of ether oxygens (including phenoxy) is 2. The van der Waals surface area contributed by atoms with Crippen molar-refractivity contribution in [3.63, 3.8) is 0 Å². The molecule has 6 rings (SSSR count). The van der Waals surface area contributed by atoms with Gasteiger partial charge in [0, 0.05) is 32.0 Å². The van der Waals surface area contributed by atoms with Gasteiger partial charge in [0.15, 0.2) is 0 Å². The smallest absolute Gasteiger partial charge is 0.136 e. The zero-order chi connectivity index (χ0) is 27.3. The molecule has 39 heavy (non-hydrogen) atoms. The third-order valence-corrected chi connectivity index (χ3v) is 8.17. The molecule has 4 aromatic rings. The van der Waals surface area contributed by atoms with Crippen LogP contribution in [0.3, 0.4) is 0 Å². The fourth-order valence-corrected chi connectivity index (χ4v) is 6.11. The number of rotatable bonds is 6. The summed E-state index contributed by atoms with van der Waals surface area (Å²) in [5.41, 5.74) is 7.98. The molecule has 4 atom stereocenters. The van der Waals surface area contributed by atoms with Gasteiger partial charge in [-0.1, -0.05) is 6.92 Å². The first-order valence-electron chi connectivity index (χ1n) is 13.1. The van der Waals surface area contributed by atoms with E-state index in [4.69, 9.17) is 15.2 Å². The molecule has 10 heteroatoms. The van der Waals surface area contributed by atoms with Gasteiger partial charge in [0.25, 0.3) is 0 Å². The predicted octanol–water partition coefficient (Wildman–Crippen LogP) is 3.73. The second kappa shape index (κ2) is 10.0. The molecule has 0 radical (unpaired) electrons. The molecule has 1 aromatic carbocycles. The van der Waals surface area contributed by atoms with Crippen LogP contribution in [0.4, 0.5) is 8.78 Å². The normalized spacial score (nSPS) is 24.6. The van der Waals surface area contributed by atoms with Crippen LogP contribution in [0.15, 0.2) is 48.9 Å². The quantitative estimate of drug-likeness (QED) is 0.387. The number of hydrogen-bond donors (Lipinski definition) is 2. The van der Waals surface area contributed by atoms with Crippen LogP contribution in [0, 0.1) is 17.6 Å². The molecule has 3 aromatic heterocycles. The third kappa shape index (κ3) is 4.61. The fourth-order valence-electron chi connectivity index (χ4n) is 6.11. The van der Waals surface area contributed by atoms with Crippen molar-refractivity contribution in [3.8, 4) is 11.3 Å². The Balaban J connectivity index is 1.32. The SMILES string of the molecule is CO[C@H]1[C@H](N)C[C@H](c2ccncc2Cc2ncc3ccc(-c4c(F)cc(C5(O)COC5)cc4F)nn23)C[C@@H]1C. The molecule has 2 fully saturated rings. The van der Waals surface area contributed by atoms with Gasteiger partial charge in [-0.3, -0.25) is 4.98 Å². The lowest BCUT2D eigenvalue weighted by molar-refractivity contribution is -0.184. The van der Waals surface area contributed by atoms with Gasteiger partial charge in [0.1, 0.15) is 23.1 Å². The third-order valence-electron chi connectivity index (χ3n) is 8.17. The van der Waals surface area contributed by atoms with Gasteiger partial charge in [-0.05, 0) is 71.7 Å². The number of aliphatic hydroxyl groups is 1. The molecule has 0 amide bonds. The van der Waals surface area contributed by atoms with E-state index in [0.717, 1.165) is 30.5 Å². The lowest BCUT2D eigenvalue weighted by atomic mass is 9.74. The fraction of sp³-hybridized carbons (Fsp3) is 0.414. The first kappa shape index (κ1) is 25.9. The maximum Gasteiger partial charge on any atom is 0.136 e. The number of methoxy groups -OCH3 is 1. The minimum absolute atomic E-state index is 0.00281. The number of hydrogen-bond acceptors (Lipinski definition) is 7. The van der Waals surface area contributed by atoms with E-state index in [1.54, 1.807) is 36.2 Å². The maximum absolute atomic E-state index is 15.2. The minimum atomic E-state index is -1.37. The number of imidazole rings is 1. The highest BCUT2D eigenvalue weighted by molar-refractivity contribution is 5.63. The summed E-state index contributed by atoms with van der Waals surface area (Å²) in [7, 11) is 1.71. The van der Waals surface area contributed by atoms with Crippen LogP contribution in [-0.2, 0) is 21.5 Å². The summed E-state index contributed by atoms with van der Waals surface area (Å²) in [6.07, 6.45) is 7.55. The van der Waals surface area contributed by atoms with Gasteiger partial charge < -0.3 is 20.3 Å². The van der Waals surface area contributed by atoms with Gasteiger partial charge in [-0.25, -0.2) is 18.3 Å². The van der Waals surface area contributed by atoms with Crippen molar-refractivity contribution < 1.29 is 23.4 Å². The second-order valence-corrected chi connectivity index (χ2v) is 10.8. The Morgan fingerprint density at radius 3 is 2.59 bits per heavy atom. The first-order valence-corrected chi connectivity index (χ1v) is 13.1. The average Bonchev–Trinajstić information content (AvgIpc) is 3.29. The molecule has 1 aliphatic carbocycles. The molecule has 0 bridgehead atoms. The Labute approximate surface area is 224 Å². The molecule has 1 saturated heterocycles. The minimum Gasteiger partial charge on any atom is -0.380 e. The van der Waals surface area contributed by atoms with Crippen LogP contribution in [0.2, 0.25) is 0 Å². The number of aromatic nitrogens is 4. The molecule has 1 aliphatic heterocycles. The summed E-state index contributed by atoms with van der Waals surface area (Å²) in [4.78, 5) is 8.93. The Bertz CT molecular complexity index is 1490. The molecule has 1 saturated carbocycles. The van der Waals surface area contributed by atoms with E-state index in [1.807, 2.05) is 12.3 Å². The Hall–Kier alpha value is -3.31. The van der Waals surface area contributed by atoms with Crippen molar-refractivity contribution >= 4 is 5.52 Å². The van der Waals surface area contributed by atoms with Gasteiger partial charge in [0.05, 0.1) is 42.3 Å². The zero-order valence-corrected chi connectivity index (χ0v) is 21.8. The Morgan fingerprint density at radius 1 is 1.15 bits per heavy atom. The number of fused-ring (bicyclic) bond motifs is 1. The Kier molecular flexibility index (Phi) is 6.66. The molecule has 204 valence electrons. The summed E-state index contributed by atoms with van der Waals surface area (Å²) >= 11 is 0. The van der Waals surface area contributed by atoms with E-state index >= 15 is 8.78 Å². The van der Waals surface area contributed by atoms with Crippen molar-refractivity contribution in [1.29, 1.82) is 0 Å².